The van der Waals surface area contributed by atoms with Gasteiger partial charge in [-0.25, -0.2) is 4.39 Å². The number of hydrogen-bond donors (Lipinski definition) is 2. The third-order valence-corrected chi connectivity index (χ3v) is 4.02. The molecule has 1 aromatic carbocycles. The van der Waals surface area contributed by atoms with E-state index >= 15 is 0 Å². The van der Waals surface area contributed by atoms with Crippen LogP contribution in [-0.2, 0) is 12.8 Å². The molecule has 0 saturated heterocycles. The van der Waals surface area contributed by atoms with Gasteiger partial charge in [-0.2, -0.15) is 0 Å². The van der Waals surface area contributed by atoms with Crippen molar-refractivity contribution in [3.8, 4) is 0 Å². The van der Waals surface area contributed by atoms with Crippen molar-refractivity contribution in [3.05, 3.63) is 63.3 Å². The minimum absolute atomic E-state index is 0.0946. The molecule has 1 atom stereocenters. The molecule has 22 heavy (non-hydrogen) atoms. The first kappa shape index (κ1) is 14.5. The molecule has 0 radical (unpaired) electrons. The third kappa shape index (κ3) is 2.93. The zero-order valence-corrected chi connectivity index (χ0v) is 12.3. The zero-order chi connectivity index (χ0) is 15.7. The second-order valence-corrected chi connectivity index (χ2v) is 5.82. The van der Waals surface area contributed by atoms with E-state index in [4.69, 9.17) is 0 Å². The number of aromatic amines is 1. The number of rotatable bonds is 2. The third-order valence-electron chi connectivity index (χ3n) is 4.02. The van der Waals surface area contributed by atoms with Crippen molar-refractivity contribution in [1.82, 2.24) is 4.98 Å². The predicted molar refractivity (Wildman–Crippen MR) is 82.6 cm³/mol. The topological polar surface area (TPSA) is 62.0 Å². The number of halogens is 1. The van der Waals surface area contributed by atoms with Crippen LogP contribution in [0.1, 0.15) is 35.0 Å². The van der Waals surface area contributed by atoms with Crippen molar-refractivity contribution < 1.29 is 9.18 Å². The maximum atomic E-state index is 12.9. The second-order valence-electron chi connectivity index (χ2n) is 5.82. The number of hydrogen-bond acceptors (Lipinski definition) is 2. The number of aryl methyl sites for hydroxylation is 1. The number of nitrogens with one attached hydrogen (secondary N) is 2. The zero-order valence-electron chi connectivity index (χ0n) is 12.3. The van der Waals surface area contributed by atoms with Crippen LogP contribution >= 0.6 is 0 Å². The quantitative estimate of drug-likeness (QED) is 0.896. The van der Waals surface area contributed by atoms with Crippen LogP contribution in [0.5, 0.6) is 0 Å². The molecule has 0 aliphatic heterocycles. The molecule has 3 rings (SSSR count). The Labute approximate surface area is 127 Å². The van der Waals surface area contributed by atoms with E-state index in [-0.39, 0.29) is 16.9 Å². The van der Waals surface area contributed by atoms with E-state index in [9.17, 15) is 14.0 Å². The molecule has 2 N–H and O–H groups in total. The molecule has 1 heterocycles. The Bertz CT molecular complexity index is 765. The summed E-state index contributed by atoms with van der Waals surface area (Å²) < 4.78 is 12.9. The van der Waals surface area contributed by atoms with Crippen molar-refractivity contribution >= 4 is 11.6 Å². The van der Waals surface area contributed by atoms with Crippen molar-refractivity contribution in [1.29, 1.82) is 0 Å². The molecule has 5 heteroatoms. The van der Waals surface area contributed by atoms with E-state index in [0.717, 1.165) is 30.5 Å². The van der Waals surface area contributed by atoms with Gasteiger partial charge in [0.15, 0.2) is 0 Å². The van der Waals surface area contributed by atoms with E-state index in [2.05, 4.69) is 17.2 Å². The average molecular weight is 300 g/mol. The number of carbonyl (C=O) groups excluding carboxylic acids is 1. The Balaban J connectivity index is 1.87. The lowest BCUT2D eigenvalue weighted by Gasteiger charge is -2.21. The maximum absolute atomic E-state index is 12.9. The SMILES string of the molecule is CC1CCc2[nH]c(=O)c(C(=O)Nc3ccc(F)cc3)cc2C1. The second kappa shape index (κ2) is 5.75. The largest absolute Gasteiger partial charge is 0.325 e. The van der Waals surface area contributed by atoms with Gasteiger partial charge in [0.25, 0.3) is 11.5 Å². The van der Waals surface area contributed by atoms with Gasteiger partial charge >= 0.3 is 0 Å². The summed E-state index contributed by atoms with van der Waals surface area (Å²) in [6, 6.07) is 7.12. The highest BCUT2D eigenvalue weighted by Crippen LogP contribution is 2.23. The molecule has 1 aliphatic carbocycles. The minimum Gasteiger partial charge on any atom is -0.325 e. The Kier molecular flexibility index (Phi) is 3.79. The monoisotopic (exact) mass is 300 g/mol. The van der Waals surface area contributed by atoms with Gasteiger partial charge in [0.05, 0.1) is 0 Å². The van der Waals surface area contributed by atoms with Crippen LogP contribution < -0.4 is 10.9 Å². The van der Waals surface area contributed by atoms with Crippen LogP contribution in [0.2, 0.25) is 0 Å². The summed E-state index contributed by atoms with van der Waals surface area (Å²) in [4.78, 5) is 27.2. The van der Waals surface area contributed by atoms with Gasteiger partial charge in [-0.05, 0) is 61.1 Å². The van der Waals surface area contributed by atoms with Crippen molar-refractivity contribution in [2.24, 2.45) is 5.92 Å². The molecule has 1 aromatic heterocycles. The van der Waals surface area contributed by atoms with E-state index in [1.54, 1.807) is 6.07 Å². The van der Waals surface area contributed by atoms with Crippen LogP contribution in [-0.4, -0.2) is 10.9 Å². The van der Waals surface area contributed by atoms with Gasteiger partial charge < -0.3 is 10.3 Å². The summed E-state index contributed by atoms with van der Waals surface area (Å²) in [7, 11) is 0. The molecule has 0 spiro atoms. The number of anilines is 1. The van der Waals surface area contributed by atoms with Gasteiger partial charge in [-0.3, -0.25) is 9.59 Å². The summed E-state index contributed by atoms with van der Waals surface area (Å²) >= 11 is 0. The molecule has 0 saturated carbocycles. The molecule has 0 bridgehead atoms. The smallest absolute Gasteiger partial charge is 0.261 e. The van der Waals surface area contributed by atoms with Gasteiger partial charge in [0.2, 0.25) is 0 Å². The maximum Gasteiger partial charge on any atom is 0.261 e. The molecule has 2 aromatic rings. The summed E-state index contributed by atoms with van der Waals surface area (Å²) in [6.07, 6.45) is 2.75. The minimum atomic E-state index is -0.478. The number of aromatic nitrogens is 1. The van der Waals surface area contributed by atoms with Crippen LogP contribution in [0.25, 0.3) is 0 Å². The Morgan fingerprint density at radius 2 is 2.05 bits per heavy atom. The predicted octanol–water partition coefficient (Wildman–Crippen LogP) is 2.89. The van der Waals surface area contributed by atoms with Crippen LogP contribution in [0.15, 0.2) is 35.1 Å². The summed E-state index contributed by atoms with van der Waals surface area (Å²) in [5.41, 5.74) is 2.13. The Morgan fingerprint density at radius 1 is 1.32 bits per heavy atom. The molecule has 1 amide bonds. The summed E-state index contributed by atoms with van der Waals surface area (Å²) in [6.45, 7) is 2.16. The number of carbonyl (C=O) groups is 1. The first-order valence-corrected chi connectivity index (χ1v) is 7.35. The number of H-pyrrole nitrogens is 1. The van der Waals surface area contributed by atoms with E-state index < -0.39 is 5.91 Å². The van der Waals surface area contributed by atoms with Gasteiger partial charge in [0.1, 0.15) is 11.4 Å². The van der Waals surface area contributed by atoms with E-state index in [1.165, 1.54) is 24.3 Å². The molecular weight excluding hydrogens is 283 g/mol. The fourth-order valence-corrected chi connectivity index (χ4v) is 2.79. The first-order valence-electron chi connectivity index (χ1n) is 7.35. The molecule has 4 nitrogen and oxygen atoms in total. The highest BCUT2D eigenvalue weighted by molar-refractivity contribution is 6.04. The number of benzene rings is 1. The molecular formula is C17H17FN2O2. The molecule has 1 unspecified atom stereocenters. The van der Waals surface area contributed by atoms with Gasteiger partial charge in [-0.1, -0.05) is 6.92 Å². The highest BCUT2D eigenvalue weighted by Gasteiger charge is 2.20. The Morgan fingerprint density at radius 3 is 2.77 bits per heavy atom. The lowest BCUT2D eigenvalue weighted by atomic mass is 9.87. The fraction of sp³-hybridized carbons (Fsp3) is 0.294. The Hall–Kier alpha value is -2.43. The number of amides is 1. The highest BCUT2D eigenvalue weighted by atomic mass is 19.1. The van der Waals surface area contributed by atoms with Crippen molar-refractivity contribution in [2.75, 3.05) is 5.32 Å². The average Bonchev–Trinajstić information content (AvgIpc) is 2.49. The standard InChI is InChI=1S/C17H17FN2O2/c1-10-2-7-15-11(8-10)9-14(17(22)20-15)16(21)19-13-5-3-12(18)4-6-13/h3-6,9-10H,2,7-8H2,1H3,(H,19,21)(H,20,22). The lowest BCUT2D eigenvalue weighted by molar-refractivity contribution is 0.102. The van der Waals surface area contributed by atoms with Gasteiger partial charge in [-0.15, -0.1) is 0 Å². The summed E-state index contributed by atoms with van der Waals surface area (Å²) in [5.74, 6) is -0.307. The lowest BCUT2D eigenvalue weighted by Crippen LogP contribution is -2.27. The molecule has 1 aliphatic rings. The van der Waals surface area contributed by atoms with Crippen molar-refractivity contribution in [3.63, 3.8) is 0 Å². The first-order chi connectivity index (χ1) is 10.5. The van der Waals surface area contributed by atoms with Crippen LogP contribution in [0.4, 0.5) is 10.1 Å². The summed E-state index contributed by atoms with van der Waals surface area (Å²) in [5, 5.41) is 2.62. The van der Waals surface area contributed by atoms with E-state index in [0.29, 0.717) is 11.6 Å². The molecule has 0 fully saturated rings. The van der Waals surface area contributed by atoms with Gasteiger partial charge in [0, 0.05) is 11.4 Å². The van der Waals surface area contributed by atoms with Crippen LogP contribution in [0, 0.1) is 11.7 Å². The number of pyridine rings is 1. The van der Waals surface area contributed by atoms with Crippen molar-refractivity contribution in [2.45, 2.75) is 26.2 Å². The molecule has 114 valence electrons. The normalized spacial score (nSPS) is 16.9. The number of fused-ring (bicyclic) bond motifs is 1. The fourth-order valence-electron chi connectivity index (χ4n) is 2.79. The van der Waals surface area contributed by atoms with E-state index in [1.807, 2.05) is 0 Å². The van der Waals surface area contributed by atoms with Crippen LogP contribution in [0.3, 0.4) is 0 Å².